The number of carbonyl (C=O) groups excluding carboxylic acids is 1. The minimum atomic E-state index is -4.68. The summed E-state index contributed by atoms with van der Waals surface area (Å²) in [5.41, 5.74) is 2.86. The second kappa shape index (κ2) is 10.8. The third-order valence-corrected chi connectivity index (χ3v) is 3.67. The summed E-state index contributed by atoms with van der Waals surface area (Å²) in [5, 5.41) is 0. The summed E-state index contributed by atoms with van der Waals surface area (Å²) in [6.07, 6.45) is -7.17. The molecule has 0 spiro atoms. The van der Waals surface area contributed by atoms with Crippen LogP contribution in [0.1, 0.15) is 28.5 Å². The molecule has 0 aliphatic carbocycles. The van der Waals surface area contributed by atoms with Crippen LogP contribution in [0.25, 0.3) is 0 Å². The van der Waals surface area contributed by atoms with Crippen LogP contribution in [0.4, 0.5) is 26.3 Å². The summed E-state index contributed by atoms with van der Waals surface area (Å²) in [6.45, 7) is -0.400. The Balaban J connectivity index is 1.99. The third kappa shape index (κ3) is 8.46. The predicted molar refractivity (Wildman–Crippen MR) is 99.4 cm³/mol. The molecule has 0 atom stereocenters. The maximum Gasteiger partial charge on any atom is 0.452 e. The Kier molecular flexibility index (Phi) is 8.47. The number of aromatic nitrogens is 1. The van der Waals surface area contributed by atoms with E-state index < -0.39 is 30.6 Å². The van der Waals surface area contributed by atoms with Gasteiger partial charge in [-0.1, -0.05) is 12.1 Å². The van der Waals surface area contributed by atoms with Gasteiger partial charge >= 0.3 is 12.4 Å². The van der Waals surface area contributed by atoms with Gasteiger partial charge in [-0.15, -0.1) is 0 Å². The van der Waals surface area contributed by atoms with Crippen molar-refractivity contribution in [1.29, 1.82) is 0 Å². The first-order chi connectivity index (χ1) is 15.0. The maximum atomic E-state index is 12.8. The van der Waals surface area contributed by atoms with Gasteiger partial charge in [0.25, 0.3) is 5.91 Å². The molecule has 1 aromatic carbocycles. The van der Waals surface area contributed by atoms with Crippen molar-refractivity contribution in [2.24, 2.45) is 0 Å². The Bertz CT molecular complexity index is 927. The molecule has 32 heavy (non-hydrogen) atoms. The zero-order chi connectivity index (χ0) is 23.8. The maximum absolute atomic E-state index is 12.8. The molecule has 6 nitrogen and oxygen atoms in total. The molecule has 0 aliphatic heterocycles. The Morgan fingerprint density at radius 2 is 1.75 bits per heavy atom. The van der Waals surface area contributed by atoms with E-state index in [0.717, 1.165) is 5.56 Å². The molecular formula is C20H18F6N2O4. The zero-order valence-electron chi connectivity index (χ0n) is 16.6. The monoisotopic (exact) mass is 464 g/mol. The van der Waals surface area contributed by atoms with Crippen molar-refractivity contribution in [1.82, 2.24) is 10.5 Å². The fraction of sp³-hybridized carbons (Fsp3) is 0.300. The molecule has 2 rings (SSSR count). The highest BCUT2D eigenvalue weighted by Gasteiger charge is 2.36. The highest BCUT2D eigenvalue weighted by Crippen LogP contribution is 2.27. The van der Waals surface area contributed by atoms with Crippen LogP contribution in [0.2, 0.25) is 0 Å². The fourth-order valence-electron chi connectivity index (χ4n) is 2.33. The van der Waals surface area contributed by atoms with Crippen LogP contribution in [-0.2, 0) is 16.0 Å². The predicted octanol–water partition coefficient (Wildman–Crippen LogP) is 4.72. The van der Waals surface area contributed by atoms with Crippen molar-refractivity contribution in [3.8, 4) is 5.75 Å². The standard InChI is InChI=1S/C20H18F6N2O4/c1-2-30-17(20(24,25)26)11-31-15-5-3-13(4-6-15)9-14-7-8-27-16(10-14)18(29)28-32-12-19(21,22)23/h3-8,10-11H,2,9,12H2,1H3,(H,28,29)/b17-11-. The summed E-state index contributed by atoms with van der Waals surface area (Å²) in [5.74, 6) is -2.06. The van der Waals surface area contributed by atoms with Gasteiger partial charge in [0, 0.05) is 6.20 Å². The number of ether oxygens (including phenoxy) is 2. The van der Waals surface area contributed by atoms with Crippen molar-refractivity contribution in [3.05, 3.63) is 71.4 Å². The summed E-state index contributed by atoms with van der Waals surface area (Å²) >= 11 is 0. The van der Waals surface area contributed by atoms with Gasteiger partial charge in [0.2, 0.25) is 5.76 Å². The average molecular weight is 464 g/mol. The summed E-state index contributed by atoms with van der Waals surface area (Å²) in [7, 11) is 0. The van der Waals surface area contributed by atoms with Gasteiger partial charge in [0.15, 0.2) is 6.61 Å². The molecule has 174 valence electrons. The first-order valence-corrected chi connectivity index (χ1v) is 9.07. The van der Waals surface area contributed by atoms with E-state index >= 15 is 0 Å². The second-order valence-corrected chi connectivity index (χ2v) is 6.24. The van der Waals surface area contributed by atoms with E-state index in [2.05, 4.69) is 14.6 Å². The van der Waals surface area contributed by atoms with E-state index in [0.29, 0.717) is 18.2 Å². The molecule has 1 N–H and O–H groups in total. The number of benzene rings is 1. The first-order valence-electron chi connectivity index (χ1n) is 9.07. The van der Waals surface area contributed by atoms with Crippen molar-refractivity contribution in [3.63, 3.8) is 0 Å². The molecule has 0 bridgehead atoms. The van der Waals surface area contributed by atoms with Crippen molar-refractivity contribution in [2.45, 2.75) is 25.7 Å². The average Bonchev–Trinajstić information content (AvgIpc) is 2.70. The van der Waals surface area contributed by atoms with Gasteiger partial charge in [-0.3, -0.25) is 14.6 Å². The molecule has 0 radical (unpaired) electrons. The Hall–Kier alpha value is -3.28. The number of allylic oxidation sites excluding steroid dienone is 1. The van der Waals surface area contributed by atoms with Crippen LogP contribution in [0.5, 0.6) is 5.75 Å². The summed E-state index contributed by atoms with van der Waals surface area (Å²) < 4.78 is 84.0. The van der Waals surface area contributed by atoms with Crippen molar-refractivity contribution in [2.75, 3.05) is 13.2 Å². The summed E-state index contributed by atoms with van der Waals surface area (Å²) in [4.78, 5) is 19.7. The Labute approximate surface area is 178 Å². The number of rotatable bonds is 9. The van der Waals surface area contributed by atoms with E-state index in [4.69, 9.17) is 4.74 Å². The molecule has 0 saturated heterocycles. The molecule has 0 fully saturated rings. The van der Waals surface area contributed by atoms with Crippen molar-refractivity contribution >= 4 is 5.91 Å². The smallest absolute Gasteiger partial charge is 0.452 e. The normalized spacial score (nSPS) is 12.4. The van der Waals surface area contributed by atoms with E-state index in [-0.39, 0.29) is 18.1 Å². The number of nitrogens with zero attached hydrogens (tertiary/aromatic N) is 1. The van der Waals surface area contributed by atoms with Gasteiger partial charge in [-0.25, -0.2) is 5.48 Å². The van der Waals surface area contributed by atoms with E-state index in [1.165, 1.54) is 31.3 Å². The van der Waals surface area contributed by atoms with E-state index in [9.17, 15) is 31.1 Å². The van der Waals surface area contributed by atoms with E-state index in [1.54, 1.807) is 23.7 Å². The zero-order valence-corrected chi connectivity index (χ0v) is 16.6. The van der Waals surface area contributed by atoms with Crippen molar-refractivity contribution < 1.29 is 45.4 Å². The number of carbonyl (C=O) groups is 1. The number of hydrogen-bond donors (Lipinski definition) is 1. The topological polar surface area (TPSA) is 69.7 Å². The van der Waals surface area contributed by atoms with Crippen LogP contribution >= 0.6 is 0 Å². The quantitative estimate of drug-likeness (QED) is 0.331. The second-order valence-electron chi connectivity index (χ2n) is 6.24. The molecule has 0 aliphatic rings. The van der Waals surface area contributed by atoms with Gasteiger partial charge in [-0.05, 0) is 48.7 Å². The number of alkyl halides is 6. The van der Waals surface area contributed by atoms with Crippen LogP contribution in [0.15, 0.2) is 54.6 Å². The minimum absolute atomic E-state index is 0.145. The number of hydroxylamine groups is 1. The van der Waals surface area contributed by atoms with E-state index in [1.807, 2.05) is 0 Å². The lowest BCUT2D eigenvalue weighted by Crippen LogP contribution is -2.30. The van der Waals surface area contributed by atoms with Gasteiger partial charge in [0.05, 0.1) is 6.61 Å². The highest BCUT2D eigenvalue weighted by molar-refractivity contribution is 5.91. The van der Waals surface area contributed by atoms with Crippen LogP contribution in [-0.4, -0.2) is 36.5 Å². The lowest BCUT2D eigenvalue weighted by Gasteiger charge is -2.12. The third-order valence-electron chi connectivity index (χ3n) is 3.67. The number of pyridine rings is 1. The molecule has 12 heteroatoms. The van der Waals surface area contributed by atoms with Crippen LogP contribution in [0.3, 0.4) is 0 Å². The molecule has 1 amide bonds. The number of hydrogen-bond acceptors (Lipinski definition) is 5. The lowest BCUT2D eigenvalue weighted by atomic mass is 10.1. The minimum Gasteiger partial charge on any atom is -0.487 e. The molecular weight excluding hydrogens is 446 g/mol. The Morgan fingerprint density at radius 1 is 1.06 bits per heavy atom. The number of halogens is 6. The molecule has 0 saturated carbocycles. The van der Waals surface area contributed by atoms with Gasteiger partial charge in [0.1, 0.15) is 17.7 Å². The lowest BCUT2D eigenvalue weighted by molar-refractivity contribution is -0.184. The summed E-state index contributed by atoms with van der Waals surface area (Å²) in [6, 6.07) is 9.07. The number of nitrogens with one attached hydrogen (secondary N) is 1. The van der Waals surface area contributed by atoms with Crippen LogP contribution < -0.4 is 10.2 Å². The van der Waals surface area contributed by atoms with Gasteiger partial charge < -0.3 is 9.47 Å². The van der Waals surface area contributed by atoms with Gasteiger partial charge in [-0.2, -0.15) is 26.3 Å². The van der Waals surface area contributed by atoms with Crippen LogP contribution in [0, 0.1) is 0 Å². The SMILES string of the molecule is CCO/C(=C\Oc1ccc(Cc2ccnc(C(=O)NOCC(F)(F)F)c2)cc1)C(F)(F)F. The Morgan fingerprint density at radius 3 is 2.34 bits per heavy atom. The molecule has 0 unspecified atom stereocenters. The molecule has 1 aromatic heterocycles. The molecule has 2 aromatic rings. The molecule has 1 heterocycles. The fourth-order valence-corrected chi connectivity index (χ4v) is 2.33. The number of amides is 1. The first kappa shape index (κ1) is 25.0. The highest BCUT2D eigenvalue weighted by atomic mass is 19.4. The largest absolute Gasteiger partial charge is 0.487 e.